The van der Waals surface area contributed by atoms with E-state index < -0.39 is 0 Å². The molecule has 0 bridgehead atoms. The maximum atomic E-state index is 6.24. The molecule has 0 spiro atoms. The summed E-state index contributed by atoms with van der Waals surface area (Å²) in [5.41, 5.74) is 0. The number of hydrogen-bond acceptors (Lipinski definition) is 5. The highest BCUT2D eigenvalue weighted by Crippen LogP contribution is 2.25. The van der Waals surface area contributed by atoms with Crippen LogP contribution >= 0.6 is 0 Å². The molecular weight excluding hydrogens is 332 g/mol. The lowest BCUT2D eigenvalue weighted by atomic mass is 10.0. The fraction of sp³-hybridized carbons (Fsp3) is 1.00. The minimum absolute atomic E-state index is 0.0870. The second-order valence-corrected chi connectivity index (χ2v) is 7.07. The summed E-state index contributed by atoms with van der Waals surface area (Å²) in [6.07, 6.45) is 7.79. The molecule has 5 nitrogen and oxygen atoms in total. The van der Waals surface area contributed by atoms with Gasteiger partial charge in [0, 0.05) is 26.4 Å². The molecule has 26 heavy (non-hydrogen) atoms. The number of hydrogen-bond donors (Lipinski definition) is 0. The lowest BCUT2D eigenvalue weighted by molar-refractivity contribution is -0.294. The predicted octanol–water partition coefficient (Wildman–Crippen LogP) is 4.72. The van der Waals surface area contributed by atoms with Gasteiger partial charge in [0.2, 0.25) is 0 Å². The second-order valence-electron chi connectivity index (χ2n) is 7.07. The number of rotatable bonds is 16. The van der Waals surface area contributed by atoms with Crippen molar-refractivity contribution in [1.82, 2.24) is 0 Å². The molecule has 0 amide bonds. The van der Waals surface area contributed by atoms with Crippen molar-refractivity contribution in [3.63, 3.8) is 0 Å². The summed E-state index contributed by atoms with van der Waals surface area (Å²) in [6.45, 7) is 12.0. The molecule has 1 aliphatic rings. The summed E-state index contributed by atoms with van der Waals surface area (Å²) in [7, 11) is 0. The van der Waals surface area contributed by atoms with Gasteiger partial charge < -0.3 is 23.7 Å². The van der Waals surface area contributed by atoms with Gasteiger partial charge in [-0.25, -0.2) is 0 Å². The molecule has 1 saturated heterocycles. The maximum absolute atomic E-state index is 6.24. The summed E-state index contributed by atoms with van der Waals surface area (Å²) >= 11 is 0. The Morgan fingerprint density at radius 1 is 0.615 bits per heavy atom. The van der Waals surface area contributed by atoms with E-state index in [1.54, 1.807) is 0 Å². The van der Waals surface area contributed by atoms with Crippen molar-refractivity contribution in [2.45, 2.75) is 104 Å². The molecule has 0 aromatic rings. The summed E-state index contributed by atoms with van der Waals surface area (Å²) in [4.78, 5) is 0. The molecular formula is C21H42O5. The average molecular weight is 375 g/mol. The molecule has 156 valence electrons. The van der Waals surface area contributed by atoms with Gasteiger partial charge in [-0.2, -0.15) is 0 Å². The van der Waals surface area contributed by atoms with Crippen LogP contribution < -0.4 is 0 Å². The van der Waals surface area contributed by atoms with E-state index in [0.717, 1.165) is 64.6 Å². The first-order valence-electron chi connectivity index (χ1n) is 10.9. The lowest BCUT2D eigenvalue weighted by Crippen LogP contribution is -2.57. The molecule has 1 aliphatic heterocycles. The zero-order valence-electron chi connectivity index (χ0n) is 17.5. The van der Waals surface area contributed by atoms with Crippen LogP contribution in [0.25, 0.3) is 0 Å². The Morgan fingerprint density at radius 2 is 1.08 bits per heavy atom. The van der Waals surface area contributed by atoms with Gasteiger partial charge in [-0.1, -0.05) is 53.4 Å². The average Bonchev–Trinajstić information content (AvgIpc) is 2.65. The maximum Gasteiger partial charge on any atom is 0.186 e. The summed E-state index contributed by atoms with van der Waals surface area (Å²) in [6, 6.07) is 0. The largest absolute Gasteiger partial charge is 0.373 e. The van der Waals surface area contributed by atoms with Crippen molar-refractivity contribution in [3.8, 4) is 0 Å². The number of ether oxygens (including phenoxy) is 5. The van der Waals surface area contributed by atoms with Gasteiger partial charge >= 0.3 is 0 Å². The van der Waals surface area contributed by atoms with Crippen LogP contribution in [-0.2, 0) is 23.7 Å². The van der Waals surface area contributed by atoms with Gasteiger partial charge in [-0.15, -0.1) is 0 Å². The van der Waals surface area contributed by atoms with E-state index in [2.05, 4.69) is 27.7 Å². The Labute approximate surface area is 161 Å². The van der Waals surface area contributed by atoms with Crippen LogP contribution in [0.5, 0.6) is 0 Å². The zero-order chi connectivity index (χ0) is 19.0. The fourth-order valence-electron chi connectivity index (χ4n) is 2.86. The van der Waals surface area contributed by atoms with Gasteiger partial charge in [-0.05, 0) is 25.7 Å². The van der Waals surface area contributed by atoms with Gasteiger partial charge in [0.1, 0.15) is 18.3 Å². The summed E-state index contributed by atoms with van der Waals surface area (Å²) in [5.74, 6) is 0. The molecule has 0 radical (unpaired) electrons. The molecule has 0 aromatic heterocycles. The Kier molecular flexibility index (Phi) is 14.5. The first-order chi connectivity index (χ1) is 12.8. The topological polar surface area (TPSA) is 46.2 Å². The molecule has 0 aromatic carbocycles. The van der Waals surface area contributed by atoms with Crippen LogP contribution in [0.3, 0.4) is 0 Å². The standard InChI is InChI=1S/C21H42O5/c1-5-9-13-22-18-17-26-21(25-16-12-8-4)20(24-15-11-7-3)19(18)23-14-10-6-2/h18-21H,5-17H2,1-4H3/t18-,19+,20-,21?/m1/s1. The van der Waals surface area contributed by atoms with E-state index in [9.17, 15) is 0 Å². The smallest absolute Gasteiger partial charge is 0.186 e. The van der Waals surface area contributed by atoms with Gasteiger partial charge in [0.05, 0.1) is 6.61 Å². The van der Waals surface area contributed by atoms with Crippen molar-refractivity contribution in [2.75, 3.05) is 33.0 Å². The van der Waals surface area contributed by atoms with E-state index >= 15 is 0 Å². The van der Waals surface area contributed by atoms with E-state index in [1.807, 2.05) is 0 Å². The summed E-state index contributed by atoms with van der Waals surface area (Å²) < 4.78 is 30.5. The molecule has 1 heterocycles. The Balaban J connectivity index is 2.74. The van der Waals surface area contributed by atoms with Crippen LogP contribution in [0, 0.1) is 0 Å². The highest BCUT2D eigenvalue weighted by atomic mass is 16.7. The molecule has 4 atom stereocenters. The minimum atomic E-state index is -0.365. The van der Waals surface area contributed by atoms with Crippen LogP contribution in [-0.4, -0.2) is 57.6 Å². The van der Waals surface area contributed by atoms with Gasteiger partial charge in [0.25, 0.3) is 0 Å². The van der Waals surface area contributed by atoms with Crippen LogP contribution in [0.1, 0.15) is 79.1 Å². The molecule has 0 saturated carbocycles. The molecule has 1 fully saturated rings. The molecule has 5 heteroatoms. The van der Waals surface area contributed by atoms with E-state index in [4.69, 9.17) is 23.7 Å². The highest BCUT2D eigenvalue weighted by molar-refractivity contribution is 4.87. The van der Waals surface area contributed by atoms with Crippen molar-refractivity contribution in [3.05, 3.63) is 0 Å². The normalized spacial score (nSPS) is 26.3. The Bertz CT molecular complexity index is 283. The number of unbranched alkanes of at least 4 members (excludes halogenated alkanes) is 4. The second kappa shape index (κ2) is 15.8. The van der Waals surface area contributed by atoms with Crippen LogP contribution in [0.15, 0.2) is 0 Å². The van der Waals surface area contributed by atoms with Crippen molar-refractivity contribution >= 4 is 0 Å². The predicted molar refractivity (Wildman–Crippen MR) is 105 cm³/mol. The molecule has 0 aliphatic carbocycles. The highest BCUT2D eigenvalue weighted by Gasteiger charge is 2.43. The zero-order valence-corrected chi connectivity index (χ0v) is 17.5. The Morgan fingerprint density at radius 3 is 1.62 bits per heavy atom. The van der Waals surface area contributed by atoms with E-state index in [0.29, 0.717) is 19.8 Å². The third-order valence-electron chi connectivity index (χ3n) is 4.61. The summed E-state index contributed by atoms with van der Waals surface area (Å²) in [5, 5.41) is 0. The molecule has 1 rings (SSSR count). The third kappa shape index (κ3) is 9.14. The van der Waals surface area contributed by atoms with Gasteiger partial charge in [0.15, 0.2) is 6.29 Å². The quantitative estimate of drug-likeness (QED) is 0.366. The monoisotopic (exact) mass is 374 g/mol. The van der Waals surface area contributed by atoms with Crippen LogP contribution in [0.4, 0.5) is 0 Å². The molecule has 0 N–H and O–H groups in total. The SMILES string of the molecule is CCCCOC1OC[C@@H](OCCCC)[C@H](OCCCC)[C@H]1OCCCC. The minimum Gasteiger partial charge on any atom is -0.373 e. The first-order valence-corrected chi connectivity index (χ1v) is 10.9. The third-order valence-corrected chi connectivity index (χ3v) is 4.61. The van der Waals surface area contributed by atoms with Crippen molar-refractivity contribution in [2.24, 2.45) is 0 Å². The first kappa shape index (κ1) is 23.8. The Hall–Kier alpha value is -0.200. The lowest BCUT2D eigenvalue weighted by Gasteiger charge is -2.42. The van der Waals surface area contributed by atoms with Crippen molar-refractivity contribution in [1.29, 1.82) is 0 Å². The molecule has 1 unspecified atom stereocenters. The van der Waals surface area contributed by atoms with E-state index in [-0.39, 0.29) is 24.6 Å². The van der Waals surface area contributed by atoms with E-state index in [1.165, 1.54) is 0 Å². The van der Waals surface area contributed by atoms with Gasteiger partial charge in [-0.3, -0.25) is 0 Å². The van der Waals surface area contributed by atoms with Crippen molar-refractivity contribution < 1.29 is 23.7 Å². The van der Waals surface area contributed by atoms with Crippen LogP contribution in [0.2, 0.25) is 0 Å². The fourth-order valence-corrected chi connectivity index (χ4v) is 2.86.